The SMILES string of the molecule is O=C(NCc1ccc(F)cc1)c1ccnc(N2CCN(Cc3ccc(F)cc3)C2=O)c1. The van der Waals surface area contributed by atoms with E-state index in [1.165, 1.54) is 35.4 Å². The molecular formula is C23H20F2N4O2. The highest BCUT2D eigenvalue weighted by molar-refractivity contribution is 5.97. The summed E-state index contributed by atoms with van der Waals surface area (Å²) < 4.78 is 26.1. The molecule has 1 saturated heterocycles. The van der Waals surface area contributed by atoms with Gasteiger partial charge < -0.3 is 10.2 Å². The summed E-state index contributed by atoms with van der Waals surface area (Å²) in [6.07, 6.45) is 1.48. The van der Waals surface area contributed by atoms with Crippen LogP contribution in [0.5, 0.6) is 0 Å². The van der Waals surface area contributed by atoms with Gasteiger partial charge in [0.05, 0.1) is 0 Å². The molecule has 2 aromatic carbocycles. The zero-order valence-electron chi connectivity index (χ0n) is 16.6. The van der Waals surface area contributed by atoms with Crippen LogP contribution in [-0.4, -0.2) is 34.9 Å². The van der Waals surface area contributed by atoms with Crippen LogP contribution in [0, 0.1) is 11.6 Å². The van der Waals surface area contributed by atoms with Crippen LogP contribution in [0.25, 0.3) is 0 Å². The molecular weight excluding hydrogens is 402 g/mol. The van der Waals surface area contributed by atoms with Gasteiger partial charge in [0.1, 0.15) is 17.5 Å². The van der Waals surface area contributed by atoms with Gasteiger partial charge in [-0.2, -0.15) is 0 Å². The first kappa shape index (κ1) is 20.5. The van der Waals surface area contributed by atoms with Gasteiger partial charge in [-0.25, -0.2) is 18.6 Å². The molecule has 2 heterocycles. The Labute approximate surface area is 178 Å². The van der Waals surface area contributed by atoms with Crippen molar-refractivity contribution < 1.29 is 18.4 Å². The van der Waals surface area contributed by atoms with E-state index in [-0.39, 0.29) is 30.1 Å². The van der Waals surface area contributed by atoms with Crippen molar-refractivity contribution in [3.63, 3.8) is 0 Å². The second-order valence-electron chi connectivity index (χ2n) is 7.19. The maximum Gasteiger partial charge on any atom is 0.326 e. The van der Waals surface area contributed by atoms with Crippen LogP contribution >= 0.6 is 0 Å². The molecule has 0 aliphatic carbocycles. The van der Waals surface area contributed by atoms with Gasteiger partial charge in [-0.05, 0) is 47.5 Å². The summed E-state index contributed by atoms with van der Waals surface area (Å²) in [7, 11) is 0. The van der Waals surface area contributed by atoms with Gasteiger partial charge in [0.2, 0.25) is 0 Å². The number of rotatable bonds is 6. The Kier molecular flexibility index (Phi) is 5.88. The molecule has 6 nitrogen and oxygen atoms in total. The first-order chi connectivity index (χ1) is 15.0. The third kappa shape index (κ3) is 4.85. The lowest BCUT2D eigenvalue weighted by Gasteiger charge is -2.18. The lowest BCUT2D eigenvalue weighted by Crippen LogP contribution is -2.32. The van der Waals surface area contributed by atoms with E-state index >= 15 is 0 Å². The van der Waals surface area contributed by atoms with Crippen molar-refractivity contribution in [1.82, 2.24) is 15.2 Å². The summed E-state index contributed by atoms with van der Waals surface area (Å²) in [6, 6.07) is 14.8. The van der Waals surface area contributed by atoms with E-state index in [9.17, 15) is 18.4 Å². The van der Waals surface area contributed by atoms with E-state index in [1.54, 1.807) is 41.3 Å². The zero-order valence-corrected chi connectivity index (χ0v) is 16.6. The summed E-state index contributed by atoms with van der Waals surface area (Å²) in [5.41, 5.74) is 1.98. The highest BCUT2D eigenvalue weighted by Crippen LogP contribution is 2.21. The fourth-order valence-electron chi connectivity index (χ4n) is 3.35. The van der Waals surface area contributed by atoms with E-state index in [4.69, 9.17) is 0 Å². The van der Waals surface area contributed by atoms with Crippen molar-refractivity contribution in [3.8, 4) is 0 Å². The molecule has 1 aromatic heterocycles. The van der Waals surface area contributed by atoms with E-state index in [1.807, 2.05) is 0 Å². The highest BCUT2D eigenvalue weighted by atomic mass is 19.1. The standard InChI is InChI=1S/C23H20F2N4O2/c24-19-5-1-16(2-6-19)14-27-22(30)18-9-10-26-21(13-18)29-12-11-28(23(29)31)15-17-3-7-20(25)8-4-17/h1-10,13H,11-12,14-15H2,(H,27,30). The van der Waals surface area contributed by atoms with E-state index in [2.05, 4.69) is 10.3 Å². The second kappa shape index (κ2) is 8.91. The molecule has 0 saturated carbocycles. The average molecular weight is 422 g/mol. The van der Waals surface area contributed by atoms with Crippen LogP contribution in [0.15, 0.2) is 66.9 Å². The molecule has 158 valence electrons. The van der Waals surface area contributed by atoms with Crippen molar-refractivity contribution in [1.29, 1.82) is 0 Å². The van der Waals surface area contributed by atoms with Gasteiger partial charge >= 0.3 is 6.03 Å². The molecule has 1 fully saturated rings. The van der Waals surface area contributed by atoms with Crippen molar-refractivity contribution in [2.45, 2.75) is 13.1 Å². The number of halogens is 2. The van der Waals surface area contributed by atoms with Crippen molar-refractivity contribution in [2.24, 2.45) is 0 Å². The zero-order chi connectivity index (χ0) is 21.8. The molecule has 4 rings (SSSR count). The lowest BCUT2D eigenvalue weighted by atomic mass is 10.2. The monoisotopic (exact) mass is 422 g/mol. The minimum Gasteiger partial charge on any atom is -0.348 e. The average Bonchev–Trinajstić information content (AvgIpc) is 3.15. The number of hydrogen-bond donors (Lipinski definition) is 1. The van der Waals surface area contributed by atoms with Gasteiger partial charge in [0, 0.05) is 37.9 Å². The number of pyridine rings is 1. The minimum absolute atomic E-state index is 0.222. The normalized spacial score (nSPS) is 13.5. The van der Waals surface area contributed by atoms with Gasteiger partial charge in [0.15, 0.2) is 0 Å². The summed E-state index contributed by atoms with van der Waals surface area (Å²) in [6.45, 7) is 1.56. The molecule has 1 N–H and O–H groups in total. The minimum atomic E-state index is -0.336. The Morgan fingerprint density at radius 1 is 0.935 bits per heavy atom. The van der Waals surface area contributed by atoms with Crippen LogP contribution in [-0.2, 0) is 13.1 Å². The largest absolute Gasteiger partial charge is 0.348 e. The van der Waals surface area contributed by atoms with Gasteiger partial charge in [-0.15, -0.1) is 0 Å². The first-order valence-corrected chi connectivity index (χ1v) is 9.79. The summed E-state index contributed by atoms with van der Waals surface area (Å²) in [5.74, 6) is -0.585. The third-order valence-corrected chi connectivity index (χ3v) is 5.03. The Balaban J connectivity index is 1.40. The van der Waals surface area contributed by atoms with Crippen molar-refractivity contribution >= 4 is 17.8 Å². The summed E-state index contributed by atoms with van der Waals surface area (Å²) in [4.78, 5) is 32.7. The molecule has 3 amide bonds. The van der Waals surface area contributed by atoms with Crippen molar-refractivity contribution in [3.05, 3.63) is 95.2 Å². The fourth-order valence-corrected chi connectivity index (χ4v) is 3.35. The predicted octanol–water partition coefficient (Wildman–Crippen LogP) is 3.73. The molecule has 8 heteroatoms. The van der Waals surface area contributed by atoms with Crippen LogP contribution in [0.4, 0.5) is 19.4 Å². The number of carbonyl (C=O) groups is 2. The molecule has 31 heavy (non-hydrogen) atoms. The molecule has 1 aliphatic rings. The smallest absolute Gasteiger partial charge is 0.326 e. The molecule has 0 spiro atoms. The number of nitrogens with one attached hydrogen (secondary N) is 1. The molecule has 3 aromatic rings. The number of benzene rings is 2. The maximum absolute atomic E-state index is 13.1. The van der Waals surface area contributed by atoms with E-state index in [0.717, 1.165) is 11.1 Å². The lowest BCUT2D eigenvalue weighted by molar-refractivity contribution is 0.0950. The summed E-state index contributed by atoms with van der Waals surface area (Å²) >= 11 is 0. The number of hydrogen-bond acceptors (Lipinski definition) is 3. The number of nitrogens with zero attached hydrogens (tertiary/aromatic N) is 3. The Hall–Kier alpha value is -3.81. The maximum atomic E-state index is 13.1. The number of aromatic nitrogens is 1. The first-order valence-electron chi connectivity index (χ1n) is 9.79. The molecule has 1 aliphatic heterocycles. The number of carbonyl (C=O) groups excluding carboxylic acids is 2. The molecule has 0 atom stereocenters. The van der Waals surface area contributed by atoms with Crippen LogP contribution in [0.2, 0.25) is 0 Å². The number of urea groups is 1. The Morgan fingerprint density at radius 2 is 1.58 bits per heavy atom. The highest BCUT2D eigenvalue weighted by Gasteiger charge is 2.30. The van der Waals surface area contributed by atoms with Gasteiger partial charge in [-0.1, -0.05) is 24.3 Å². The molecule has 0 bridgehead atoms. The topological polar surface area (TPSA) is 65.5 Å². The Morgan fingerprint density at radius 3 is 2.26 bits per heavy atom. The van der Waals surface area contributed by atoms with Gasteiger partial charge in [-0.3, -0.25) is 9.69 Å². The molecule has 0 unspecified atom stereocenters. The van der Waals surface area contributed by atoms with E-state index in [0.29, 0.717) is 31.0 Å². The van der Waals surface area contributed by atoms with Crippen LogP contribution in [0.1, 0.15) is 21.5 Å². The fraction of sp³-hybridized carbons (Fsp3) is 0.174. The predicted molar refractivity (Wildman–Crippen MR) is 111 cm³/mol. The molecule has 0 radical (unpaired) electrons. The van der Waals surface area contributed by atoms with Crippen molar-refractivity contribution in [2.75, 3.05) is 18.0 Å². The van der Waals surface area contributed by atoms with Crippen LogP contribution < -0.4 is 10.2 Å². The number of amides is 3. The van der Waals surface area contributed by atoms with E-state index < -0.39 is 0 Å². The van der Waals surface area contributed by atoms with Crippen LogP contribution in [0.3, 0.4) is 0 Å². The van der Waals surface area contributed by atoms with Gasteiger partial charge in [0.25, 0.3) is 5.91 Å². The second-order valence-corrected chi connectivity index (χ2v) is 7.19. The third-order valence-electron chi connectivity index (χ3n) is 5.03. The Bertz CT molecular complexity index is 1090. The number of anilines is 1. The summed E-state index contributed by atoms with van der Waals surface area (Å²) in [5, 5.41) is 2.78. The quantitative estimate of drug-likeness (QED) is 0.658.